The summed E-state index contributed by atoms with van der Waals surface area (Å²) < 4.78 is 0. The minimum absolute atomic E-state index is 1.02. The number of benzene rings is 4. The number of hydrazone groups is 1. The molecule has 0 radical (unpaired) electrons. The fourth-order valence-corrected chi connectivity index (χ4v) is 3.13. The lowest BCUT2D eigenvalue weighted by Gasteiger charge is -2.20. The first-order valence-electron chi connectivity index (χ1n) is 9.64. The van der Waals surface area contributed by atoms with E-state index in [0.29, 0.717) is 0 Å². The molecular weight excluding hydrogens is 354 g/mol. The van der Waals surface area contributed by atoms with Crippen LogP contribution in [0.5, 0.6) is 0 Å². The molecule has 0 atom stereocenters. The first-order valence-corrected chi connectivity index (χ1v) is 9.64. The lowest BCUT2D eigenvalue weighted by atomic mass is 10.2. The van der Waals surface area contributed by atoms with E-state index in [9.17, 15) is 0 Å². The average molecular weight is 377 g/mol. The summed E-state index contributed by atoms with van der Waals surface area (Å²) in [6.07, 6.45) is 1.90. The van der Waals surface area contributed by atoms with Gasteiger partial charge in [0.15, 0.2) is 0 Å². The maximum absolute atomic E-state index is 4.76. The lowest BCUT2D eigenvalue weighted by Crippen LogP contribution is -2.10. The molecule has 4 rings (SSSR count). The summed E-state index contributed by atoms with van der Waals surface area (Å²) in [6.45, 7) is 0. The molecule has 0 aliphatic heterocycles. The van der Waals surface area contributed by atoms with Crippen LogP contribution >= 0.6 is 0 Å². The van der Waals surface area contributed by atoms with Gasteiger partial charge in [-0.1, -0.05) is 66.7 Å². The average Bonchev–Trinajstić information content (AvgIpc) is 2.81. The van der Waals surface area contributed by atoms with Gasteiger partial charge in [-0.15, -0.1) is 0 Å². The van der Waals surface area contributed by atoms with Crippen molar-refractivity contribution in [3.05, 3.63) is 121 Å². The van der Waals surface area contributed by atoms with E-state index >= 15 is 0 Å². The van der Waals surface area contributed by atoms with Crippen molar-refractivity contribution in [2.24, 2.45) is 5.10 Å². The molecule has 4 aromatic rings. The van der Waals surface area contributed by atoms with Gasteiger partial charge in [0, 0.05) is 18.4 Å². The molecule has 0 aliphatic rings. The summed E-state index contributed by atoms with van der Waals surface area (Å²) in [4.78, 5) is 2.17. The smallest absolute Gasteiger partial charge is 0.0652 e. The fourth-order valence-electron chi connectivity index (χ4n) is 3.13. The van der Waals surface area contributed by atoms with Gasteiger partial charge in [-0.25, -0.2) is 5.01 Å². The van der Waals surface area contributed by atoms with Gasteiger partial charge in [-0.3, -0.25) is 0 Å². The van der Waals surface area contributed by atoms with Gasteiger partial charge in [-0.05, 0) is 54.1 Å². The Balaban J connectivity index is 1.56. The van der Waals surface area contributed by atoms with Crippen LogP contribution in [0.3, 0.4) is 0 Å². The zero-order valence-corrected chi connectivity index (χ0v) is 16.4. The minimum atomic E-state index is 1.02. The Labute approximate surface area is 172 Å². The predicted octanol–water partition coefficient (Wildman–Crippen LogP) is 6.63. The summed E-state index contributed by atoms with van der Waals surface area (Å²) in [6, 6.07) is 39.1. The Morgan fingerprint density at radius 3 is 1.41 bits per heavy atom. The van der Waals surface area contributed by atoms with Gasteiger partial charge in [0.1, 0.15) is 0 Å². The molecular formula is C26H23N3. The van der Waals surface area contributed by atoms with E-state index < -0.39 is 0 Å². The molecule has 0 heterocycles. The molecule has 3 heteroatoms. The Bertz CT molecular complexity index is 1000. The van der Waals surface area contributed by atoms with Gasteiger partial charge < -0.3 is 4.90 Å². The first kappa shape index (κ1) is 18.5. The molecule has 0 saturated carbocycles. The minimum Gasteiger partial charge on any atom is -0.345 e. The standard InChI is InChI=1S/C26H23N3/c1-28(23-11-5-2-6-12-23)24-19-17-22(18-20-24)21-27-29(25-13-7-3-8-14-25)26-15-9-4-10-16-26/h2-21H,1H3/b27-21+. The van der Waals surface area contributed by atoms with Crippen molar-refractivity contribution < 1.29 is 0 Å². The third-order valence-corrected chi connectivity index (χ3v) is 4.75. The van der Waals surface area contributed by atoms with Crippen LogP contribution in [0.2, 0.25) is 0 Å². The van der Waals surface area contributed by atoms with Gasteiger partial charge in [-0.2, -0.15) is 5.10 Å². The van der Waals surface area contributed by atoms with Crippen molar-refractivity contribution in [1.29, 1.82) is 0 Å². The highest BCUT2D eigenvalue weighted by Crippen LogP contribution is 2.26. The second-order valence-corrected chi connectivity index (χ2v) is 6.71. The van der Waals surface area contributed by atoms with E-state index in [4.69, 9.17) is 5.10 Å². The highest BCUT2D eigenvalue weighted by molar-refractivity contribution is 5.82. The monoisotopic (exact) mass is 377 g/mol. The third kappa shape index (κ3) is 4.53. The van der Waals surface area contributed by atoms with E-state index in [1.54, 1.807) is 0 Å². The Hall–Kier alpha value is -3.85. The van der Waals surface area contributed by atoms with Crippen molar-refractivity contribution in [2.45, 2.75) is 0 Å². The van der Waals surface area contributed by atoms with Crippen LogP contribution in [0.4, 0.5) is 22.7 Å². The van der Waals surface area contributed by atoms with Crippen LogP contribution in [0.25, 0.3) is 0 Å². The van der Waals surface area contributed by atoms with Crippen LogP contribution in [-0.2, 0) is 0 Å². The van der Waals surface area contributed by atoms with Crippen molar-refractivity contribution >= 4 is 29.0 Å². The fraction of sp³-hybridized carbons (Fsp3) is 0.0385. The predicted molar refractivity (Wildman–Crippen MR) is 124 cm³/mol. The van der Waals surface area contributed by atoms with Gasteiger partial charge in [0.2, 0.25) is 0 Å². The normalized spacial score (nSPS) is 10.8. The second kappa shape index (κ2) is 8.89. The van der Waals surface area contributed by atoms with Crippen LogP contribution in [0.15, 0.2) is 120 Å². The highest BCUT2D eigenvalue weighted by Gasteiger charge is 2.07. The van der Waals surface area contributed by atoms with Crippen LogP contribution in [-0.4, -0.2) is 13.3 Å². The quantitative estimate of drug-likeness (QED) is 0.277. The largest absolute Gasteiger partial charge is 0.345 e. The molecule has 142 valence electrons. The number of hydrogen-bond donors (Lipinski definition) is 0. The zero-order valence-electron chi connectivity index (χ0n) is 16.4. The van der Waals surface area contributed by atoms with E-state index in [-0.39, 0.29) is 0 Å². The topological polar surface area (TPSA) is 18.8 Å². The van der Waals surface area contributed by atoms with E-state index in [2.05, 4.69) is 84.7 Å². The van der Waals surface area contributed by atoms with Crippen LogP contribution < -0.4 is 9.91 Å². The molecule has 0 fully saturated rings. The van der Waals surface area contributed by atoms with Gasteiger partial charge in [0.25, 0.3) is 0 Å². The summed E-state index contributed by atoms with van der Waals surface area (Å²) in [5, 5.41) is 6.71. The molecule has 29 heavy (non-hydrogen) atoms. The molecule has 4 aromatic carbocycles. The number of nitrogens with zero attached hydrogens (tertiary/aromatic N) is 3. The number of rotatable bonds is 6. The molecule has 0 amide bonds. The maximum Gasteiger partial charge on any atom is 0.0652 e. The Morgan fingerprint density at radius 2 is 0.931 bits per heavy atom. The van der Waals surface area contributed by atoms with Crippen molar-refractivity contribution in [1.82, 2.24) is 0 Å². The Kier molecular flexibility index (Phi) is 5.68. The first-order chi connectivity index (χ1) is 14.3. The molecule has 0 saturated heterocycles. The molecule has 0 bridgehead atoms. The summed E-state index contributed by atoms with van der Waals surface area (Å²) in [7, 11) is 2.07. The summed E-state index contributed by atoms with van der Waals surface area (Å²) >= 11 is 0. The third-order valence-electron chi connectivity index (χ3n) is 4.75. The SMILES string of the molecule is CN(c1ccccc1)c1ccc(/C=N/N(c2ccccc2)c2ccccc2)cc1. The Morgan fingerprint density at radius 1 is 0.517 bits per heavy atom. The van der Waals surface area contributed by atoms with E-state index in [0.717, 1.165) is 28.3 Å². The van der Waals surface area contributed by atoms with E-state index in [1.165, 1.54) is 0 Å². The molecule has 0 aromatic heterocycles. The highest BCUT2D eigenvalue weighted by atomic mass is 15.5. The van der Waals surface area contributed by atoms with Crippen LogP contribution in [0, 0.1) is 0 Å². The van der Waals surface area contributed by atoms with Crippen LogP contribution in [0.1, 0.15) is 5.56 Å². The van der Waals surface area contributed by atoms with Gasteiger partial charge in [0.05, 0.1) is 17.6 Å². The van der Waals surface area contributed by atoms with Gasteiger partial charge >= 0.3 is 0 Å². The number of hydrogen-bond acceptors (Lipinski definition) is 3. The molecule has 0 unspecified atom stereocenters. The van der Waals surface area contributed by atoms with E-state index in [1.807, 2.05) is 53.7 Å². The molecule has 0 N–H and O–H groups in total. The maximum atomic E-state index is 4.76. The summed E-state index contributed by atoms with van der Waals surface area (Å²) in [5.74, 6) is 0. The lowest BCUT2D eigenvalue weighted by molar-refractivity contribution is 1.09. The van der Waals surface area contributed by atoms with Crippen molar-refractivity contribution in [2.75, 3.05) is 17.0 Å². The van der Waals surface area contributed by atoms with Crippen molar-refractivity contribution in [3.63, 3.8) is 0 Å². The summed E-state index contributed by atoms with van der Waals surface area (Å²) in [5.41, 5.74) is 5.39. The number of anilines is 4. The molecule has 3 nitrogen and oxygen atoms in total. The number of para-hydroxylation sites is 3. The second-order valence-electron chi connectivity index (χ2n) is 6.71. The zero-order chi connectivity index (χ0) is 19.9. The molecule has 0 spiro atoms. The van der Waals surface area contributed by atoms with Crippen molar-refractivity contribution in [3.8, 4) is 0 Å². The molecule has 0 aliphatic carbocycles.